The highest BCUT2D eigenvalue weighted by molar-refractivity contribution is 6.55. The molecule has 4 amide bonds. The maximum atomic E-state index is 13.7. The number of nitrogens with two attached hydrogens (primary N) is 2. The van der Waals surface area contributed by atoms with Crippen molar-refractivity contribution in [2.24, 2.45) is 5.41 Å². The van der Waals surface area contributed by atoms with Crippen LogP contribution >= 0.6 is 23.2 Å². The van der Waals surface area contributed by atoms with Gasteiger partial charge in [0.25, 0.3) is 23.6 Å². The topological polar surface area (TPSA) is 127 Å². The molecular formula is C21H15Cl2F3N4O4. The standard InChI is InChI=1S/C21H15Cl2F3N4O4/c1-8-6-9(27)2-4-12(8)29-16(31)14(22)20(18(29)33)15(23)17(32)30(19(20)34)13-5-3-10(28)7-11(13)21(24,25)26/h2-7,14-15H,27-28H2,1H3/t14?,15-,20-/m0/s1. The molecule has 2 aliphatic heterocycles. The van der Waals surface area contributed by atoms with Crippen LogP contribution in [-0.4, -0.2) is 34.4 Å². The number of halogens is 5. The summed E-state index contributed by atoms with van der Waals surface area (Å²) in [5.74, 6) is -5.05. The molecule has 4 rings (SSSR count). The van der Waals surface area contributed by atoms with Gasteiger partial charge in [0.1, 0.15) is 10.8 Å². The molecule has 3 atom stereocenters. The molecule has 1 unspecified atom stereocenters. The van der Waals surface area contributed by atoms with E-state index in [-0.39, 0.29) is 16.3 Å². The maximum absolute atomic E-state index is 13.7. The molecule has 2 saturated heterocycles. The van der Waals surface area contributed by atoms with E-state index in [1.54, 1.807) is 0 Å². The number of rotatable bonds is 2. The maximum Gasteiger partial charge on any atom is 0.418 e. The van der Waals surface area contributed by atoms with Crippen LogP contribution < -0.4 is 21.3 Å². The first-order valence-electron chi connectivity index (χ1n) is 9.62. The predicted molar refractivity (Wildman–Crippen MR) is 118 cm³/mol. The number of imide groups is 2. The van der Waals surface area contributed by atoms with Crippen LogP contribution in [0.1, 0.15) is 11.1 Å². The summed E-state index contributed by atoms with van der Waals surface area (Å²) in [5.41, 5.74) is 6.68. The van der Waals surface area contributed by atoms with E-state index in [9.17, 15) is 32.3 Å². The van der Waals surface area contributed by atoms with E-state index in [0.717, 1.165) is 12.1 Å². The summed E-state index contributed by atoms with van der Waals surface area (Å²) in [6.45, 7) is 1.54. The summed E-state index contributed by atoms with van der Waals surface area (Å²) in [7, 11) is 0. The van der Waals surface area contributed by atoms with Gasteiger partial charge in [0.15, 0.2) is 5.41 Å². The van der Waals surface area contributed by atoms with Crippen molar-refractivity contribution in [3.05, 3.63) is 47.5 Å². The van der Waals surface area contributed by atoms with Gasteiger partial charge < -0.3 is 11.5 Å². The van der Waals surface area contributed by atoms with Gasteiger partial charge in [0.2, 0.25) is 0 Å². The summed E-state index contributed by atoms with van der Waals surface area (Å²) in [4.78, 5) is 53.8. The zero-order valence-corrected chi connectivity index (χ0v) is 18.7. The minimum Gasteiger partial charge on any atom is -0.399 e. The summed E-state index contributed by atoms with van der Waals surface area (Å²) < 4.78 is 41.0. The normalized spacial score (nSPS) is 25.2. The van der Waals surface area contributed by atoms with Crippen molar-refractivity contribution in [2.45, 2.75) is 23.9 Å². The Morgan fingerprint density at radius 3 is 1.74 bits per heavy atom. The molecule has 2 aromatic carbocycles. The molecule has 0 bridgehead atoms. The molecule has 0 aromatic heterocycles. The number of amides is 4. The van der Waals surface area contributed by atoms with Crippen LogP contribution in [0.2, 0.25) is 0 Å². The Hall–Kier alpha value is -3.31. The van der Waals surface area contributed by atoms with E-state index in [1.807, 2.05) is 0 Å². The number of aryl methyl sites for hydroxylation is 1. The highest BCUT2D eigenvalue weighted by Gasteiger charge is 2.75. The fourth-order valence-electron chi connectivity index (χ4n) is 4.20. The van der Waals surface area contributed by atoms with Crippen LogP contribution in [0.5, 0.6) is 0 Å². The third kappa shape index (κ3) is 3.07. The summed E-state index contributed by atoms with van der Waals surface area (Å²) in [6.07, 6.45) is -5.01. The molecule has 8 nitrogen and oxygen atoms in total. The third-order valence-electron chi connectivity index (χ3n) is 5.82. The second-order valence-corrected chi connectivity index (χ2v) is 8.74. The number of hydrogen-bond acceptors (Lipinski definition) is 6. The van der Waals surface area contributed by atoms with Crippen LogP contribution in [0.4, 0.5) is 35.9 Å². The van der Waals surface area contributed by atoms with Crippen LogP contribution in [0.3, 0.4) is 0 Å². The molecule has 13 heteroatoms. The number of nitrogens with zero attached hydrogens (tertiary/aromatic N) is 2. The van der Waals surface area contributed by atoms with Crippen molar-refractivity contribution in [1.82, 2.24) is 0 Å². The highest BCUT2D eigenvalue weighted by Crippen LogP contribution is 2.52. The molecule has 2 aliphatic rings. The van der Waals surface area contributed by atoms with Gasteiger partial charge in [-0.2, -0.15) is 13.2 Å². The van der Waals surface area contributed by atoms with E-state index < -0.39 is 57.2 Å². The molecular weight excluding hydrogens is 500 g/mol. The van der Waals surface area contributed by atoms with Gasteiger partial charge in [-0.15, -0.1) is 23.2 Å². The fourth-order valence-corrected chi connectivity index (χ4v) is 5.09. The largest absolute Gasteiger partial charge is 0.418 e. The molecule has 2 heterocycles. The van der Waals surface area contributed by atoms with Crippen LogP contribution in [0, 0.1) is 12.3 Å². The molecule has 178 valence electrons. The Kier molecular flexibility index (Phi) is 5.33. The van der Waals surface area contributed by atoms with Gasteiger partial charge in [-0.1, -0.05) is 0 Å². The minimum absolute atomic E-state index is 0.0396. The van der Waals surface area contributed by atoms with Crippen LogP contribution in [-0.2, 0) is 25.4 Å². The quantitative estimate of drug-likeness (QED) is 0.274. The fraction of sp³-hybridized carbons (Fsp3) is 0.238. The lowest BCUT2D eigenvalue weighted by Gasteiger charge is -2.24. The molecule has 2 fully saturated rings. The van der Waals surface area contributed by atoms with Crippen molar-refractivity contribution in [3.8, 4) is 0 Å². The van der Waals surface area contributed by atoms with Crippen molar-refractivity contribution in [1.29, 1.82) is 0 Å². The zero-order chi connectivity index (χ0) is 25.3. The molecule has 0 aliphatic carbocycles. The Morgan fingerprint density at radius 2 is 1.26 bits per heavy atom. The van der Waals surface area contributed by atoms with E-state index in [0.29, 0.717) is 22.2 Å². The average Bonchev–Trinajstić information content (AvgIpc) is 3.06. The second kappa shape index (κ2) is 7.60. The van der Waals surface area contributed by atoms with Crippen molar-refractivity contribution in [3.63, 3.8) is 0 Å². The predicted octanol–water partition coefficient (Wildman–Crippen LogP) is 2.83. The van der Waals surface area contributed by atoms with Gasteiger partial charge in [0.05, 0.1) is 16.9 Å². The van der Waals surface area contributed by atoms with Gasteiger partial charge >= 0.3 is 6.18 Å². The van der Waals surface area contributed by atoms with E-state index >= 15 is 0 Å². The monoisotopic (exact) mass is 514 g/mol. The van der Waals surface area contributed by atoms with Crippen LogP contribution in [0.15, 0.2) is 36.4 Å². The summed E-state index contributed by atoms with van der Waals surface area (Å²) in [5, 5.41) is -4.00. The van der Waals surface area contributed by atoms with Gasteiger partial charge in [0, 0.05) is 11.4 Å². The molecule has 0 radical (unpaired) electrons. The minimum atomic E-state index is -5.01. The summed E-state index contributed by atoms with van der Waals surface area (Å²) >= 11 is 12.5. The van der Waals surface area contributed by atoms with E-state index in [2.05, 4.69) is 0 Å². The van der Waals surface area contributed by atoms with E-state index in [4.69, 9.17) is 34.7 Å². The Labute approximate surface area is 200 Å². The molecule has 2 aromatic rings. The number of carbonyl (C=O) groups excluding carboxylic acids is 4. The first kappa shape index (κ1) is 23.8. The zero-order valence-electron chi connectivity index (χ0n) is 17.2. The Bertz CT molecular complexity index is 1290. The first-order valence-corrected chi connectivity index (χ1v) is 10.5. The van der Waals surface area contributed by atoms with Crippen molar-refractivity contribution in [2.75, 3.05) is 21.3 Å². The van der Waals surface area contributed by atoms with Crippen LogP contribution in [0.25, 0.3) is 0 Å². The molecule has 1 spiro atoms. The second-order valence-electron chi connectivity index (χ2n) is 7.87. The molecule has 0 saturated carbocycles. The number of anilines is 4. The smallest absolute Gasteiger partial charge is 0.399 e. The number of benzene rings is 2. The van der Waals surface area contributed by atoms with E-state index in [1.165, 1.54) is 25.1 Å². The number of alkyl halides is 5. The SMILES string of the molecule is Cc1cc(N)ccc1N1C(=O)C(Cl)[C@]2(C1=O)C(=O)N(c1ccc(N)cc1C(F)(F)F)C(=O)[C@@H]2Cl. The summed E-state index contributed by atoms with van der Waals surface area (Å²) in [6, 6.07) is 6.58. The third-order valence-corrected chi connectivity index (χ3v) is 6.88. The Morgan fingerprint density at radius 1 is 0.824 bits per heavy atom. The van der Waals surface area contributed by atoms with Crippen molar-refractivity contribution >= 4 is 69.6 Å². The number of carbonyl (C=O) groups is 4. The molecule has 34 heavy (non-hydrogen) atoms. The highest BCUT2D eigenvalue weighted by atomic mass is 35.5. The number of nitrogen functional groups attached to an aromatic ring is 2. The average molecular weight is 515 g/mol. The lowest BCUT2D eigenvalue weighted by atomic mass is 9.83. The van der Waals surface area contributed by atoms with Gasteiger partial charge in [-0.05, 0) is 48.9 Å². The number of hydrogen-bond donors (Lipinski definition) is 2. The molecule has 4 N–H and O–H groups in total. The Balaban J connectivity index is 1.88. The van der Waals surface area contributed by atoms with Gasteiger partial charge in [-0.3, -0.25) is 19.2 Å². The lowest BCUT2D eigenvalue weighted by Crippen LogP contribution is -2.49. The first-order chi connectivity index (χ1) is 15.7. The lowest BCUT2D eigenvalue weighted by molar-refractivity contribution is -0.137. The van der Waals surface area contributed by atoms with Gasteiger partial charge in [-0.25, -0.2) is 9.80 Å². The van der Waals surface area contributed by atoms with Crippen molar-refractivity contribution < 1.29 is 32.3 Å².